The molecule has 0 spiro atoms. The second-order valence-corrected chi connectivity index (χ2v) is 6.10. The third-order valence-corrected chi connectivity index (χ3v) is 5.07. The molecule has 112 valence electrons. The molecule has 0 atom stereocenters. The first-order valence-electron chi connectivity index (χ1n) is 6.48. The first-order chi connectivity index (χ1) is 10.1. The number of aromatic hydroxyl groups is 1. The van der Waals surface area contributed by atoms with Gasteiger partial charge in [0.1, 0.15) is 4.88 Å². The zero-order valence-electron chi connectivity index (χ0n) is 11.4. The predicted octanol–water partition coefficient (Wildman–Crippen LogP) is 2.74. The third kappa shape index (κ3) is 2.54. The molecule has 0 aliphatic carbocycles. The highest BCUT2D eigenvalue weighted by Gasteiger charge is 2.24. The minimum absolute atomic E-state index is 0.0355. The van der Waals surface area contributed by atoms with Crippen molar-refractivity contribution in [3.63, 3.8) is 0 Å². The molecule has 1 aromatic heterocycles. The lowest BCUT2D eigenvalue weighted by molar-refractivity contribution is 0.0306. The maximum absolute atomic E-state index is 12.5. The number of morpholine rings is 1. The lowest BCUT2D eigenvalue weighted by Crippen LogP contribution is -2.40. The second kappa shape index (κ2) is 5.71. The molecule has 1 aromatic carbocycles. The number of ether oxygens (including phenoxy) is 2. The number of carbonyl (C=O) groups excluding carboxylic acids is 1. The lowest BCUT2D eigenvalue weighted by atomic mass is 10.2. The van der Waals surface area contributed by atoms with E-state index in [1.54, 1.807) is 17.0 Å². The van der Waals surface area contributed by atoms with Crippen molar-refractivity contribution >= 4 is 38.9 Å². The quantitative estimate of drug-likeness (QED) is 0.921. The molecule has 1 N–H and O–H groups in total. The number of thiophene rings is 1. The minimum Gasteiger partial charge on any atom is -0.504 e. The van der Waals surface area contributed by atoms with Crippen LogP contribution < -0.4 is 4.74 Å². The molecule has 1 fully saturated rings. The maximum atomic E-state index is 12.5. The van der Waals surface area contributed by atoms with Crippen molar-refractivity contribution in [2.75, 3.05) is 33.4 Å². The number of phenolic OH excluding ortho intramolecular Hbond substituents is 1. The van der Waals surface area contributed by atoms with Gasteiger partial charge >= 0.3 is 0 Å². The Balaban J connectivity index is 2.02. The normalized spacial score (nSPS) is 15.4. The molecule has 0 unspecified atom stereocenters. The van der Waals surface area contributed by atoms with Gasteiger partial charge in [-0.1, -0.05) is 11.6 Å². The molecule has 7 heteroatoms. The summed E-state index contributed by atoms with van der Waals surface area (Å²) in [6, 6.07) is 3.22. The van der Waals surface area contributed by atoms with Crippen molar-refractivity contribution in [3.8, 4) is 11.5 Å². The zero-order valence-corrected chi connectivity index (χ0v) is 13.0. The van der Waals surface area contributed by atoms with E-state index in [4.69, 9.17) is 21.1 Å². The number of hydrogen-bond donors (Lipinski definition) is 1. The van der Waals surface area contributed by atoms with Crippen LogP contribution >= 0.6 is 22.9 Å². The highest BCUT2D eigenvalue weighted by molar-refractivity contribution is 7.21. The summed E-state index contributed by atoms with van der Waals surface area (Å²) in [7, 11) is 1.47. The Bertz CT molecular complexity index is 694. The van der Waals surface area contributed by atoms with Crippen LogP contribution in [0.5, 0.6) is 11.5 Å². The summed E-state index contributed by atoms with van der Waals surface area (Å²) in [5.41, 5.74) is 0. The average Bonchev–Trinajstić information content (AvgIpc) is 2.82. The number of methoxy groups -OCH3 is 1. The number of phenols is 1. The predicted molar refractivity (Wildman–Crippen MR) is 81.8 cm³/mol. The summed E-state index contributed by atoms with van der Waals surface area (Å²) < 4.78 is 11.1. The van der Waals surface area contributed by atoms with Gasteiger partial charge in [0.25, 0.3) is 5.91 Å². The smallest absolute Gasteiger partial charge is 0.265 e. The van der Waals surface area contributed by atoms with Gasteiger partial charge in [0, 0.05) is 29.2 Å². The molecular formula is C14H14ClNO4S. The summed E-state index contributed by atoms with van der Waals surface area (Å²) in [6.07, 6.45) is 0. The Labute approximate surface area is 130 Å². The molecule has 0 radical (unpaired) electrons. The number of carbonyl (C=O) groups is 1. The number of rotatable bonds is 2. The Morgan fingerprint density at radius 3 is 2.81 bits per heavy atom. The molecule has 21 heavy (non-hydrogen) atoms. The SMILES string of the molecule is COc1cc2c(Cl)c(C(=O)N3CCOCC3)sc2cc1O. The van der Waals surface area contributed by atoms with Crippen molar-refractivity contribution < 1.29 is 19.4 Å². The molecular weight excluding hydrogens is 314 g/mol. The van der Waals surface area contributed by atoms with Gasteiger partial charge in [-0.25, -0.2) is 0 Å². The van der Waals surface area contributed by atoms with E-state index in [0.717, 1.165) is 4.70 Å². The highest BCUT2D eigenvalue weighted by Crippen LogP contribution is 2.41. The van der Waals surface area contributed by atoms with E-state index in [0.29, 0.717) is 47.3 Å². The number of nitrogens with zero attached hydrogens (tertiary/aromatic N) is 1. The monoisotopic (exact) mass is 327 g/mol. The highest BCUT2D eigenvalue weighted by atomic mass is 35.5. The molecule has 1 amide bonds. The van der Waals surface area contributed by atoms with Gasteiger partial charge in [-0.3, -0.25) is 4.79 Å². The third-order valence-electron chi connectivity index (χ3n) is 3.42. The largest absolute Gasteiger partial charge is 0.504 e. The fourth-order valence-corrected chi connectivity index (χ4v) is 3.78. The van der Waals surface area contributed by atoms with Gasteiger partial charge in [0.05, 0.1) is 25.3 Å². The maximum Gasteiger partial charge on any atom is 0.265 e. The Kier molecular flexibility index (Phi) is 3.93. The van der Waals surface area contributed by atoms with Crippen molar-refractivity contribution in [1.82, 2.24) is 4.90 Å². The number of amides is 1. The van der Waals surface area contributed by atoms with Crippen LogP contribution in [0.1, 0.15) is 9.67 Å². The molecule has 1 aliphatic rings. The summed E-state index contributed by atoms with van der Waals surface area (Å²) in [4.78, 5) is 14.8. The fraction of sp³-hybridized carbons (Fsp3) is 0.357. The number of fused-ring (bicyclic) bond motifs is 1. The standard InChI is InChI=1S/C14H14ClNO4S/c1-19-10-6-8-11(7-9(10)17)21-13(12(8)15)14(18)16-2-4-20-5-3-16/h6-7,17H,2-5H2,1H3. The van der Waals surface area contributed by atoms with Gasteiger partial charge in [-0.15, -0.1) is 11.3 Å². The zero-order chi connectivity index (χ0) is 15.0. The number of hydrogen-bond acceptors (Lipinski definition) is 5. The minimum atomic E-state index is -0.0945. The van der Waals surface area contributed by atoms with E-state index in [2.05, 4.69) is 0 Å². The fourth-order valence-electron chi connectivity index (χ4n) is 2.29. The van der Waals surface area contributed by atoms with Gasteiger partial charge in [-0.2, -0.15) is 0 Å². The average molecular weight is 328 g/mol. The van der Waals surface area contributed by atoms with E-state index in [9.17, 15) is 9.90 Å². The molecule has 1 aliphatic heterocycles. The van der Waals surface area contributed by atoms with Crippen molar-refractivity contribution in [2.45, 2.75) is 0 Å². The van der Waals surface area contributed by atoms with Crippen LogP contribution in [0.4, 0.5) is 0 Å². The molecule has 0 bridgehead atoms. The number of halogens is 1. The van der Waals surface area contributed by atoms with E-state index in [1.807, 2.05) is 0 Å². The molecule has 2 heterocycles. The summed E-state index contributed by atoms with van der Waals surface area (Å²) >= 11 is 7.63. The van der Waals surface area contributed by atoms with Gasteiger partial charge < -0.3 is 19.5 Å². The van der Waals surface area contributed by atoms with Gasteiger partial charge in [-0.05, 0) is 6.07 Å². The molecule has 5 nitrogen and oxygen atoms in total. The Morgan fingerprint density at radius 2 is 2.14 bits per heavy atom. The summed E-state index contributed by atoms with van der Waals surface area (Å²) in [6.45, 7) is 2.22. The lowest BCUT2D eigenvalue weighted by Gasteiger charge is -2.26. The van der Waals surface area contributed by atoms with Crippen LogP contribution in [0, 0.1) is 0 Å². The molecule has 0 saturated carbocycles. The van der Waals surface area contributed by atoms with Gasteiger partial charge in [0.2, 0.25) is 0 Å². The molecule has 1 saturated heterocycles. The Morgan fingerprint density at radius 1 is 1.43 bits per heavy atom. The molecule has 3 rings (SSSR count). The summed E-state index contributed by atoms with van der Waals surface area (Å²) in [5.74, 6) is 0.281. The van der Waals surface area contributed by atoms with Crippen LogP contribution in [0.25, 0.3) is 10.1 Å². The van der Waals surface area contributed by atoms with Crippen LogP contribution in [0.2, 0.25) is 5.02 Å². The number of benzene rings is 1. The second-order valence-electron chi connectivity index (χ2n) is 4.67. The first-order valence-corrected chi connectivity index (χ1v) is 7.67. The van der Waals surface area contributed by atoms with Crippen LogP contribution in [0.3, 0.4) is 0 Å². The van der Waals surface area contributed by atoms with E-state index < -0.39 is 0 Å². The van der Waals surface area contributed by atoms with Crippen molar-refractivity contribution in [1.29, 1.82) is 0 Å². The van der Waals surface area contributed by atoms with E-state index in [1.165, 1.54) is 18.4 Å². The first kappa shape index (κ1) is 14.4. The van der Waals surface area contributed by atoms with Crippen molar-refractivity contribution in [2.24, 2.45) is 0 Å². The van der Waals surface area contributed by atoms with Crippen molar-refractivity contribution in [3.05, 3.63) is 22.0 Å². The van der Waals surface area contributed by atoms with Gasteiger partial charge in [0.15, 0.2) is 11.5 Å². The Hall–Kier alpha value is -1.50. The summed E-state index contributed by atoms with van der Waals surface area (Å²) in [5, 5.41) is 10.9. The van der Waals surface area contributed by atoms with E-state index in [-0.39, 0.29) is 11.7 Å². The topological polar surface area (TPSA) is 59.0 Å². The van der Waals surface area contributed by atoms with Crippen LogP contribution in [-0.4, -0.2) is 49.3 Å². The van der Waals surface area contributed by atoms with E-state index >= 15 is 0 Å². The van der Waals surface area contributed by atoms with Crippen LogP contribution in [-0.2, 0) is 4.74 Å². The van der Waals surface area contributed by atoms with Crippen LogP contribution in [0.15, 0.2) is 12.1 Å². The molecule has 2 aromatic rings.